The number of halogens is 1. The minimum atomic E-state index is -3.35. The summed E-state index contributed by atoms with van der Waals surface area (Å²) in [5.74, 6) is 0.567. The van der Waals surface area contributed by atoms with Gasteiger partial charge in [0, 0.05) is 18.2 Å². The first-order chi connectivity index (χ1) is 9.07. The zero-order valence-corrected chi connectivity index (χ0v) is 12.6. The van der Waals surface area contributed by atoms with E-state index in [0.29, 0.717) is 18.2 Å². The lowest BCUT2D eigenvalue weighted by Gasteiger charge is -2.09. The fraction of sp³-hybridized carbons (Fsp3) is 0.538. The van der Waals surface area contributed by atoms with Gasteiger partial charge in [-0.1, -0.05) is 12.1 Å². The normalized spacial score (nSPS) is 11.5. The van der Waals surface area contributed by atoms with Crippen LogP contribution in [0.3, 0.4) is 0 Å². The molecule has 0 bridgehead atoms. The number of anilines is 1. The number of alkyl halides is 1. The monoisotopic (exact) mass is 305 g/mol. The first kappa shape index (κ1) is 16.3. The third kappa shape index (κ3) is 6.80. The summed E-state index contributed by atoms with van der Waals surface area (Å²) in [6.07, 6.45) is 1.72. The third-order valence-corrected chi connectivity index (χ3v) is 4.02. The summed E-state index contributed by atoms with van der Waals surface area (Å²) in [4.78, 5) is 0. The van der Waals surface area contributed by atoms with Crippen molar-refractivity contribution in [3.63, 3.8) is 0 Å². The van der Waals surface area contributed by atoms with E-state index in [1.807, 2.05) is 25.1 Å². The first-order valence-corrected chi connectivity index (χ1v) is 8.49. The van der Waals surface area contributed by atoms with Crippen LogP contribution in [-0.2, 0) is 21.2 Å². The van der Waals surface area contributed by atoms with Crippen LogP contribution in [0.2, 0.25) is 0 Å². The Balaban J connectivity index is 2.60. The molecule has 108 valence electrons. The Morgan fingerprint density at radius 3 is 2.84 bits per heavy atom. The Morgan fingerprint density at radius 1 is 1.37 bits per heavy atom. The van der Waals surface area contributed by atoms with Gasteiger partial charge in [0.15, 0.2) is 0 Å². The van der Waals surface area contributed by atoms with E-state index in [0.717, 1.165) is 18.4 Å². The quantitative estimate of drug-likeness (QED) is 0.563. The number of hydrogen-bond acceptors (Lipinski definition) is 3. The van der Waals surface area contributed by atoms with Gasteiger partial charge in [-0.2, -0.15) is 0 Å². The molecule has 0 fully saturated rings. The molecule has 0 aliphatic rings. The van der Waals surface area contributed by atoms with E-state index in [2.05, 4.69) is 4.72 Å². The molecule has 0 spiro atoms. The topological polar surface area (TPSA) is 55.4 Å². The summed E-state index contributed by atoms with van der Waals surface area (Å²) in [6, 6.07) is 7.38. The van der Waals surface area contributed by atoms with Crippen molar-refractivity contribution in [2.24, 2.45) is 0 Å². The molecule has 0 heterocycles. The molecule has 6 heteroatoms. The second kappa shape index (κ2) is 8.40. The van der Waals surface area contributed by atoms with Crippen LogP contribution in [0.1, 0.15) is 18.9 Å². The predicted octanol–water partition coefficient (Wildman–Crippen LogP) is 2.64. The van der Waals surface area contributed by atoms with Gasteiger partial charge in [0.2, 0.25) is 10.0 Å². The molecule has 0 aromatic heterocycles. The van der Waals surface area contributed by atoms with Crippen LogP contribution in [0, 0.1) is 0 Å². The summed E-state index contributed by atoms with van der Waals surface area (Å²) >= 11 is 5.64. The molecule has 0 atom stereocenters. The van der Waals surface area contributed by atoms with Crippen LogP contribution < -0.4 is 4.72 Å². The molecule has 19 heavy (non-hydrogen) atoms. The second-order valence-corrected chi connectivity index (χ2v) is 6.33. The standard InChI is InChI=1S/C13H20ClNO3S/c1-2-18-9-10-19(16,17)15-13-7-3-5-12(11-13)6-4-8-14/h3,5,7,11,15H,2,4,6,8-10H2,1H3. The summed E-state index contributed by atoms with van der Waals surface area (Å²) in [7, 11) is -3.35. The number of nitrogens with one attached hydrogen (secondary N) is 1. The highest BCUT2D eigenvalue weighted by atomic mass is 35.5. The molecule has 0 saturated carbocycles. The van der Waals surface area contributed by atoms with E-state index in [1.165, 1.54) is 0 Å². The summed E-state index contributed by atoms with van der Waals surface area (Å²) in [5, 5.41) is 0. The minimum Gasteiger partial charge on any atom is -0.381 e. The van der Waals surface area contributed by atoms with E-state index in [-0.39, 0.29) is 12.4 Å². The van der Waals surface area contributed by atoms with Crippen LogP contribution in [-0.4, -0.2) is 33.3 Å². The molecule has 0 saturated heterocycles. The molecular formula is C13H20ClNO3S. The van der Waals surface area contributed by atoms with Gasteiger partial charge in [-0.3, -0.25) is 4.72 Å². The van der Waals surface area contributed by atoms with Gasteiger partial charge in [-0.05, 0) is 37.5 Å². The second-order valence-electron chi connectivity index (χ2n) is 4.11. The molecule has 0 aliphatic carbocycles. The number of benzene rings is 1. The molecule has 0 radical (unpaired) electrons. The highest BCUT2D eigenvalue weighted by Gasteiger charge is 2.10. The lowest BCUT2D eigenvalue weighted by molar-refractivity contribution is 0.163. The van der Waals surface area contributed by atoms with Crippen LogP contribution >= 0.6 is 11.6 Å². The van der Waals surface area contributed by atoms with Crippen molar-refractivity contribution in [2.75, 3.05) is 29.6 Å². The molecule has 1 aromatic rings. The van der Waals surface area contributed by atoms with Crippen molar-refractivity contribution >= 4 is 27.3 Å². The van der Waals surface area contributed by atoms with Crippen molar-refractivity contribution in [3.05, 3.63) is 29.8 Å². The van der Waals surface area contributed by atoms with Crippen molar-refractivity contribution in [1.82, 2.24) is 0 Å². The molecule has 1 rings (SSSR count). The van der Waals surface area contributed by atoms with Crippen LogP contribution in [0.4, 0.5) is 5.69 Å². The largest absolute Gasteiger partial charge is 0.381 e. The number of aryl methyl sites for hydroxylation is 1. The fourth-order valence-electron chi connectivity index (χ4n) is 1.60. The van der Waals surface area contributed by atoms with E-state index >= 15 is 0 Å². The SMILES string of the molecule is CCOCCS(=O)(=O)Nc1cccc(CCCCl)c1. The zero-order chi connectivity index (χ0) is 14.1. The highest BCUT2D eigenvalue weighted by molar-refractivity contribution is 7.92. The lowest BCUT2D eigenvalue weighted by atomic mass is 10.1. The smallest absolute Gasteiger partial charge is 0.234 e. The average Bonchev–Trinajstić information content (AvgIpc) is 2.36. The van der Waals surface area contributed by atoms with Crippen molar-refractivity contribution in [3.8, 4) is 0 Å². The Morgan fingerprint density at radius 2 is 2.16 bits per heavy atom. The van der Waals surface area contributed by atoms with Crippen LogP contribution in [0.5, 0.6) is 0 Å². The molecule has 0 unspecified atom stereocenters. The van der Waals surface area contributed by atoms with Gasteiger partial charge >= 0.3 is 0 Å². The maximum Gasteiger partial charge on any atom is 0.234 e. The van der Waals surface area contributed by atoms with E-state index in [1.54, 1.807) is 6.07 Å². The van der Waals surface area contributed by atoms with Crippen molar-refractivity contribution in [1.29, 1.82) is 0 Å². The molecule has 0 amide bonds. The number of hydrogen-bond donors (Lipinski definition) is 1. The van der Waals surface area contributed by atoms with Gasteiger partial charge in [-0.15, -0.1) is 11.6 Å². The molecular weight excluding hydrogens is 286 g/mol. The van der Waals surface area contributed by atoms with Gasteiger partial charge in [0.1, 0.15) is 0 Å². The zero-order valence-electron chi connectivity index (χ0n) is 11.1. The number of ether oxygens (including phenoxy) is 1. The van der Waals surface area contributed by atoms with Gasteiger partial charge in [-0.25, -0.2) is 8.42 Å². The lowest BCUT2D eigenvalue weighted by Crippen LogP contribution is -2.20. The van der Waals surface area contributed by atoms with Crippen LogP contribution in [0.15, 0.2) is 24.3 Å². The average molecular weight is 306 g/mol. The molecule has 1 aromatic carbocycles. The number of rotatable bonds is 9. The van der Waals surface area contributed by atoms with E-state index in [9.17, 15) is 8.42 Å². The van der Waals surface area contributed by atoms with E-state index in [4.69, 9.17) is 16.3 Å². The minimum absolute atomic E-state index is 0.0350. The number of sulfonamides is 1. The van der Waals surface area contributed by atoms with Crippen LogP contribution in [0.25, 0.3) is 0 Å². The maximum absolute atomic E-state index is 11.8. The van der Waals surface area contributed by atoms with Crippen molar-refractivity contribution < 1.29 is 13.2 Å². The maximum atomic E-state index is 11.8. The molecule has 1 N–H and O–H groups in total. The summed E-state index contributed by atoms with van der Waals surface area (Å²) in [5.41, 5.74) is 1.66. The molecule has 4 nitrogen and oxygen atoms in total. The first-order valence-electron chi connectivity index (χ1n) is 6.30. The summed E-state index contributed by atoms with van der Waals surface area (Å²) < 4.78 is 31.2. The Kier molecular flexibility index (Phi) is 7.20. The Labute approximate surface area is 120 Å². The van der Waals surface area contributed by atoms with Gasteiger partial charge in [0.05, 0.1) is 12.4 Å². The third-order valence-electron chi connectivity index (χ3n) is 2.50. The summed E-state index contributed by atoms with van der Waals surface area (Å²) in [6.45, 7) is 2.56. The predicted molar refractivity (Wildman–Crippen MR) is 79.4 cm³/mol. The van der Waals surface area contributed by atoms with Gasteiger partial charge in [0.25, 0.3) is 0 Å². The fourth-order valence-corrected chi connectivity index (χ4v) is 2.66. The highest BCUT2D eigenvalue weighted by Crippen LogP contribution is 2.14. The van der Waals surface area contributed by atoms with E-state index < -0.39 is 10.0 Å². The molecule has 0 aliphatic heterocycles. The Hall–Kier alpha value is -0.780. The Bertz CT molecular complexity index is 477. The van der Waals surface area contributed by atoms with Crippen molar-refractivity contribution in [2.45, 2.75) is 19.8 Å². The van der Waals surface area contributed by atoms with Gasteiger partial charge < -0.3 is 4.74 Å².